The van der Waals surface area contributed by atoms with Gasteiger partial charge in [0.1, 0.15) is 18.5 Å². The number of aromatic nitrogens is 4. The fourth-order valence-electron chi connectivity index (χ4n) is 2.54. The molecule has 9 heteroatoms. The first-order chi connectivity index (χ1) is 9.20. The van der Waals surface area contributed by atoms with Gasteiger partial charge < -0.3 is 25.4 Å². The van der Waals surface area contributed by atoms with E-state index in [-0.39, 0.29) is 18.4 Å². The van der Waals surface area contributed by atoms with Crippen LogP contribution in [0.2, 0.25) is 0 Å². The van der Waals surface area contributed by atoms with Gasteiger partial charge in [0, 0.05) is 0 Å². The topological polar surface area (TPSA) is 129 Å². The molecule has 4 atom stereocenters. The Balaban J connectivity index is 1.86. The summed E-state index contributed by atoms with van der Waals surface area (Å²) in [5.41, 5.74) is 6.64. The molecule has 2 aliphatic rings. The number of rotatable bonds is 1. The minimum atomic E-state index is -0.911. The van der Waals surface area contributed by atoms with Crippen LogP contribution in [0.5, 0.6) is 6.01 Å². The number of fused-ring (bicyclic) bond motifs is 5. The maximum atomic E-state index is 9.97. The number of nitrogens with two attached hydrogens (primary N) is 1. The number of aliphatic hydroxyl groups excluding tert-OH is 2. The van der Waals surface area contributed by atoms with Crippen molar-refractivity contribution in [3.8, 4) is 6.01 Å². The van der Waals surface area contributed by atoms with Crippen molar-refractivity contribution < 1.29 is 19.7 Å². The first-order valence-electron chi connectivity index (χ1n) is 5.80. The molecule has 0 radical (unpaired) electrons. The molecule has 1 fully saturated rings. The first-order valence-corrected chi connectivity index (χ1v) is 5.80. The van der Waals surface area contributed by atoms with E-state index in [1.807, 2.05) is 0 Å². The lowest BCUT2D eigenvalue weighted by Gasteiger charge is -2.13. The average Bonchev–Trinajstić information content (AvgIpc) is 3.00. The van der Waals surface area contributed by atoms with Crippen molar-refractivity contribution in [1.82, 2.24) is 19.5 Å². The van der Waals surface area contributed by atoms with Gasteiger partial charge >= 0.3 is 6.01 Å². The number of imidazole rings is 1. The highest BCUT2D eigenvalue weighted by Gasteiger charge is 2.52. The van der Waals surface area contributed by atoms with E-state index in [0.29, 0.717) is 11.2 Å². The quantitative estimate of drug-likeness (QED) is 0.563. The van der Waals surface area contributed by atoms with Gasteiger partial charge in [-0.2, -0.15) is 4.98 Å². The normalized spacial score (nSPS) is 32.3. The Hall–Kier alpha value is -1.97. The van der Waals surface area contributed by atoms with Crippen LogP contribution in [0.15, 0.2) is 6.33 Å². The summed E-state index contributed by atoms with van der Waals surface area (Å²) in [6.07, 6.45) is -1.43. The van der Waals surface area contributed by atoms with Crippen LogP contribution in [0.1, 0.15) is 6.23 Å². The zero-order chi connectivity index (χ0) is 13.1. The van der Waals surface area contributed by atoms with Gasteiger partial charge in [-0.25, -0.2) is 14.5 Å². The molecule has 100 valence electrons. The van der Waals surface area contributed by atoms with Crippen molar-refractivity contribution in [3.63, 3.8) is 0 Å². The van der Waals surface area contributed by atoms with E-state index in [1.54, 1.807) is 4.57 Å². The molecule has 0 unspecified atom stereocenters. The van der Waals surface area contributed by atoms with E-state index in [2.05, 4.69) is 15.0 Å². The minimum absolute atomic E-state index is 0.254. The lowest BCUT2D eigenvalue weighted by atomic mass is 10.1. The molecule has 9 nitrogen and oxygen atoms in total. The molecule has 0 bridgehead atoms. The summed E-state index contributed by atoms with van der Waals surface area (Å²) in [5.74, 6) is 0.254. The summed E-state index contributed by atoms with van der Waals surface area (Å²) in [7, 11) is 0. The molecule has 2 aromatic rings. The summed E-state index contributed by atoms with van der Waals surface area (Å²) < 4.78 is 12.8. The van der Waals surface area contributed by atoms with Gasteiger partial charge in [0.05, 0.1) is 6.61 Å². The Kier molecular flexibility index (Phi) is 2.03. The highest BCUT2D eigenvalue weighted by atomic mass is 16.6. The molecule has 0 aliphatic carbocycles. The number of ether oxygens (including phenoxy) is 2. The largest absolute Gasteiger partial charge is 0.454 e. The van der Waals surface area contributed by atoms with Gasteiger partial charge in [0.15, 0.2) is 29.3 Å². The predicted molar refractivity (Wildman–Crippen MR) is 61.2 cm³/mol. The van der Waals surface area contributed by atoms with Crippen molar-refractivity contribution in [2.45, 2.75) is 24.5 Å². The molecule has 0 saturated carbocycles. The molecule has 4 heterocycles. The first kappa shape index (κ1) is 10.9. The van der Waals surface area contributed by atoms with Crippen molar-refractivity contribution in [1.29, 1.82) is 0 Å². The van der Waals surface area contributed by atoms with E-state index in [9.17, 15) is 5.11 Å². The van der Waals surface area contributed by atoms with Gasteiger partial charge in [0.2, 0.25) is 0 Å². The van der Waals surface area contributed by atoms with Crippen LogP contribution in [0.3, 0.4) is 0 Å². The molecular weight excluding hydrogens is 254 g/mol. The van der Waals surface area contributed by atoms with Crippen molar-refractivity contribution in [3.05, 3.63) is 6.33 Å². The Labute approximate surface area is 106 Å². The van der Waals surface area contributed by atoms with Crippen molar-refractivity contribution in [2.75, 3.05) is 12.3 Å². The second-order valence-corrected chi connectivity index (χ2v) is 4.52. The maximum Gasteiger partial charge on any atom is 0.301 e. The van der Waals surface area contributed by atoms with E-state index in [0.717, 1.165) is 0 Å². The van der Waals surface area contributed by atoms with Gasteiger partial charge in [-0.15, -0.1) is 0 Å². The molecule has 0 aromatic carbocycles. The fourth-order valence-corrected chi connectivity index (χ4v) is 2.54. The highest BCUT2D eigenvalue weighted by Crippen LogP contribution is 2.42. The third-order valence-electron chi connectivity index (χ3n) is 3.46. The number of nitrogen functional groups attached to an aromatic ring is 1. The summed E-state index contributed by atoms with van der Waals surface area (Å²) in [5, 5.41) is 19.1. The van der Waals surface area contributed by atoms with E-state index in [4.69, 9.17) is 20.3 Å². The molecule has 4 N–H and O–H groups in total. The Morgan fingerprint density at radius 3 is 3.05 bits per heavy atom. The fraction of sp³-hybridized carbons (Fsp3) is 0.500. The summed E-state index contributed by atoms with van der Waals surface area (Å²) in [6.45, 7) is -0.281. The van der Waals surface area contributed by atoms with Gasteiger partial charge in [0.25, 0.3) is 0 Å². The lowest BCUT2D eigenvalue weighted by Crippen LogP contribution is -2.34. The van der Waals surface area contributed by atoms with Crippen LogP contribution in [0.4, 0.5) is 5.82 Å². The van der Waals surface area contributed by atoms with Crippen LogP contribution in [0.25, 0.3) is 11.2 Å². The summed E-state index contributed by atoms with van der Waals surface area (Å²) in [4.78, 5) is 12.2. The second-order valence-electron chi connectivity index (χ2n) is 4.52. The number of hydrogen-bond donors (Lipinski definition) is 3. The third-order valence-corrected chi connectivity index (χ3v) is 3.46. The molecule has 4 rings (SSSR count). The van der Waals surface area contributed by atoms with E-state index in [1.165, 1.54) is 6.33 Å². The van der Waals surface area contributed by atoms with Gasteiger partial charge in [-0.05, 0) is 0 Å². The number of anilines is 1. The average molecular weight is 265 g/mol. The second kappa shape index (κ2) is 3.53. The zero-order valence-corrected chi connectivity index (χ0v) is 9.67. The van der Waals surface area contributed by atoms with Gasteiger partial charge in [-0.1, -0.05) is 0 Å². The number of aliphatic hydroxyl groups is 2. The Bertz CT molecular complexity index is 659. The molecule has 2 aliphatic heterocycles. The van der Waals surface area contributed by atoms with Crippen LogP contribution in [0, 0.1) is 0 Å². The molecular formula is C10H11N5O4. The maximum absolute atomic E-state index is 9.97. The number of hydrogen-bond acceptors (Lipinski definition) is 8. The molecule has 0 amide bonds. The van der Waals surface area contributed by atoms with E-state index < -0.39 is 24.5 Å². The van der Waals surface area contributed by atoms with Crippen LogP contribution >= 0.6 is 0 Å². The standard InChI is InChI=1S/C10H11N5O4/c11-7-4-8(13-2-12-7)15-9-6(19-10(15)14-4)5(17)3(1-16)18-9/h2-3,5-6,9,16-17H,1H2,(H2,11,12,13)/t3-,5+,6-,9+/m1/s1. The highest BCUT2D eigenvalue weighted by molar-refractivity contribution is 5.82. The van der Waals surface area contributed by atoms with Crippen LogP contribution in [-0.4, -0.2) is 54.7 Å². The SMILES string of the molecule is Nc1ncnc2c1nc1n2[C@H]2O[C@H](CO)[C@H](O)[C@H]2O1. The Morgan fingerprint density at radius 1 is 1.42 bits per heavy atom. The minimum Gasteiger partial charge on any atom is -0.454 e. The lowest BCUT2D eigenvalue weighted by molar-refractivity contribution is -0.0419. The monoisotopic (exact) mass is 265 g/mol. The number of nitrogens with zero attached hydrogens (tertiary/aromatic N) is 4. The summed E-state index contributed by atoms with van der Waals surface area (Å²) in [6, 6.07) is 0.285. The van der Waals surface area contributed by atoms with Crippen LogP contribution in [-0.2, 0) is 4.74 Å². The predicted octanol–water partition coefficient (Wildman–Crippen LogP) is -1.58. The Morgan fingerprint density at radius 2 is 2.26 bits per heavy atom. The molecule has 2 aromatic heterocycles. The van der Waals surface area contributed by atoms with Crippen LogP contribution < -0.4 is 10.5 Å². The molecule has 0 spiro atoms. The molecule has 1 saturated heterocycles. The smallest absolute Gasteiger partial charge is 0.301 e. The molecule has 19 heavy (non-hydrogen) atoms. The zero-order valence-electron chi connectivity index (χ0n) is 9.67. The van der Waals surface area contributed by atoms with Crippen molar-refractivity contribution in [2.24, 2.45) is 0 Å². The van der Waals surface area contributed by atoms with Gasteiger partial charge in [-0.3, -0.25) is 0 Å². The van der Waals surface area contributed by atoms with Crippen molar-refractivity contribution >= 4 is 17.0 Å². The van der Waals surface area contributed by atoms with E-state index >= 15 is 0 Å². The third kappa shape index (κ3) is 1.26. The summed E-state index contributed by atoms with van der Waals surface area (Å²) >= 11 is 0.